The molecule has 1 heterocycles. The van der Waals surface area contributed by atoms with Gasteiger partial charge in [0, 0.05) is 5.39 Å². The van der Waals surface area contributed by atoms with Gasteiger partial charge in [0.1, 0.15) is 5.69 Å². The molecule has 0 spiro atoms. The number of halogens is 1. The van der Waals surface area contributed by atoms with E-state index in [2.05, 4.69) is 20.9 Å². The van der Waals surface area contributed by atoms with Crippen molar-refractivity contribution >= 4 is 31.5 Å². The van der Waals surface area contributed by atoms with E-state index in [0.29, 0.717) is 5.69 Å². The average molecular weight is 236 g/mol. The van der Waals surface area contributed by atoms with E-state index in [1.807, 2.05) is 30.3 Å². The Morgan fingerprint density at radius 2 is 1.92 bits per heavy atom. The van der Waals surface area contributed by atoms with Crippen LogP contribution in [0.1, 0.15) is 10.5 Å². The van der Waals surface area contributed by atoms with E-state index in [-0.39, 0.29) is 4.69 Å². The number of benzene rings is 1. The third-order valence-corrected chi connectivity index (χ3v) is 2.21. The van der Waals surface area contributed by atoms with E-state index in [9.17, 15) is 4.79 Å². The van der Waals surface area contributed by atoms with Crippen LogP contribution in [0.3, 0.4) is 0 Å². The summed E-state index contributed by atoms with van der Waals surface area (Å²) < 4.78 is -0.182. The lowest BCUT2D eigenvalue weighted by Gasteiger charge is -1.97. The van der Waals surface area contributed by atoms with Crippen LogP contribution in [0.4, 0.5) is 0 Å². The highest BCUT2D eigenvalue weighted by atomic mass is 79.9. The molecule has 0 aliphatic carbocycles. The van der Waals surface area contributed by atoms with Crippen LogP contribution in [0.25, 0.3) is 10.9 Å². The summed E-state index contributed by atoms with van der Waals surface area (Å²) in [5, 5.41) is 1.04. The molecule has 0 saturated carbocycles. The van der Waals surface area contributed by atoms with Gasteiger partial charge in [-0.3, -0.25) is 4.79 Å². The number of pyridine rings is 1. The quantitative estimate of drug-likeness (QED) is 0.712. The van der Waals surface area contributed by atoms with Crippen LogP contribution in [-0.4, -0.2) is 9.68 Å². The molecule has 13 heavy (non-hydrogen) atoms. The molecule has 0 aliphatic rings. The number of carbonyl (C=O) groups excluding carboxylic acids is 1. The number of nitrogens with zero attached hydrogens (tertiary/aromatic N) is 1. The Balaban J connectivity index is 2.69. The van der Waals surface area contributed by atoms with Crippen LogP contribution in [0.5, 0.6) is 0 Å². The average Bonchev–Trinajstić information content (AvgIpc) is 2.17. The van der Waals surface area contributed by atoms with Gasteiger partial charge in [-0.05, 0) is 28.1 Å². The highest BCUT2D eigenvalue weighted by molar-refractivity contribution is 9.18. The Morgan fingerprint density at radius 3 is 2.69 bits per heavy atom. The van der Waals surface area contributed by atoms with Crippen molar-refractivity contribution in [3.8, 4) is 0 Å². The fourth-order valence-corrected chi connectivity index (χ4v) is 1.40. The van der Waals surface area contributed by atoms with Crippen LogP contribution in [-0.2, 0) is 0 Å². The fourth-order valence-electron chi connectivity index (χ4n) is 1.18. The van der Waals surface area contributed by atoms with Crippen molar-refractivity contribution in [1.82, 2.24) is 4.98 Å². The first kappa shape index (κ1) is 8.38. The highest BCUT2D eigenvalue weighted by Crippen LogP contribution is 2.12. The Kier molecular flexibility index (Phi) is 2.10. The van der Waals surface area contributed by atoms with Gasteiger partial charge in [0.05, 0.1) is 5.52 Å². The highest BCUT2D eigenvalue weighted by Gasteiger charge is 2.02. The first-order valence-electron chi connectivity index (χ1n) is 3.83. The van der Waals surface area contributed by atoms with Gasteiger partial charge in [-0.1, -0.05) is 24.3 Å². The molecule has 64 valence electrons. The van der Waals surface area contributed by atoms with Gasteiger partial charge >= 0.3 is 0 Å². The molecule has 1 aromatic carbocycles. The summed E-state index contributed by atoms with van der Waals surface area (Å²) in [7, 11) is 0. The van der Waals surface area contributed by atoms with Crippen LogP contribution >= 0.6 is 15.9 Å². The molecule has 2 aromatic rings. The molecule has 0 amide bonds. The number of rotatable bonds is 1. The molecular weight excluding hydrogens is 230 g/mol. The molecule has 0 aliphatic heterocycles. The summed E-state index contributed by atoms with van der Waals surface area (Å²) >= 11 is 2.87. The molecule has 0 radical (unpaired) electrons. The second kappa shape index (κ2) is 3.26. The second-order valence-corrected chi connectivity index (χ2v) is 3.38. The number of fused-ring (bicyclic) bond motifs is 1. The van der Waals surface area contributed by atoms with E-state index >= 15 is 0 Å². The normalized spacial score (nSPS) is 10.2. The zero-order chi connectivity index (χ0) is 9.26. The van der Waals surface area contributed by atoms with Crippen molar-refractivity contribution in [2.45, 2.75) is 0 Å². The summed E-state index contributed by atoms with van der Waals surface area (Å²) in [5.74, 6) is 0. The van der Waals surface area contributed by atoms with Crippen molar-refractivity contribution in [1.29, 1.82) is 0 Å². The van der Waals surface area contributed by atoms with Crippen molar-refractivity contribution in [3.63, 3.8) is 0 Å². The summed E-state index contributed by atoms with van der Waals surface area (Å²) in [5.41, 5.74) is 1.28. The topological polar surface area (TPSA) is 30.0 Å². The minimum absolute atomic E-state index is 0.182. The van der Waals surface area contributed by atoms with Gasteiger partial charge in [0.25, 0.3) is 0 Å². The van der Waals surface area contributed by atoms with Crippen molar-refractivity contribution in [2.75, 3.05) is 0 Å². The number of carbonyl (C=O) groups is 1. The molecule has 2 rings (SSSR count). The molecule has 3 heteroatoms. The lowest BCUT2D eigenvalue weighted by Crippen LogP contribution is -1.92. The predicted molar refractivity (Wildman–Crippen MR) is 55.0 cm³/mol. The van der Waals surface area contributed by atoms with Crippen LogP contribution in [0.2, 0.25) is 0 Å². The van der Waals surface area contributed by atoms with Gasteiger partial charge in [-0.2, -0.15) is 0 Å². The molecular formula is C10H6BrNO. The summed E-state index contributed by atoms with van der Waals surface area (Å²) in [4.78, 5) is 15.1. The number of para-hydroxylation sites is 1. The lowest BCUT2D eigenvalue weighted by molar-refractivity contribution is 0.109. The monoisotopic (exact) mass is 235 g/mol. The SMILES string of the molecule is O=C(Br)c1ccc2ccccc2n1. The van der Waals surface area contributed by atoms with Crippen LogP contribution < -0.4 is 0 Å². The molecule has 0 bridgehead atoms. The third-order valence-electron chi connectivity index (χ3n) is 1.80. The van der Waals surface area contributed by atoms with Crippen molar-refractivity contribution in [2.24, 2.45) is 0 Å². The Labute approximate surface area is 83.7 Å². The second-order valence-electron chi connectivity index (χ2n) is 2.66. The molecule has 0 atom stereocenters. The molecule has 0 saturated heterocycles. The van der Waals surface area contributed by atoms with E-state index in [1.165, 1.54) is 0 Å². The zero-order valence-corrected chi connectivity index (χ0v) is 8.28. The van der Waals surface area contributed by atoms with Crippen LogP contribution in [0.15, 0.2) is 36.4 Å². The zero-order valence-electron chi connectivity index (χ0n) is 6.70. The molecule has 0 unspecified atom stereocenters. The predicted octanol–water partition coefficient (Wildman–Crippen LogP) is 2.77. The Bertz CT molecular complexity index is 467. The molecule has 1 aromatic heterocycles. The smallest absolute Gasteiger partial charge is 0.246 e. The minimum atomic E-state index is -0.182. The first-order valence-corrected chi connectivity index (χ1v) is 4.62. The van der Waals surface area contributed by atoms with Gasteiger partial charge in [0.2, 0.25) is 4.69 Å². The Morgan fingerprint density at radius 1 is 1.15 bits per heavy atom. The summed E-state index contributed by atoms with van der Waals surface area (Å²) in [6, 6.07) is 11.3. The molecule has 0 fully saturated rings. The van der Waals surface area contributed by atoms with E-state index < -0.39 is 0 Å². The molecule has 0 N–H and O–H groups in total. The fraction of sp³-hybridized carbons (Fsp3) is 0. The van der Waals surface area contributed by atoms with E-state index in [1.54, 1.807) is 6.07 Å². The maximum atomic E-state index is 10.9. The molecule has 2 nitrogen and oxygen atoms in total. The largest absolute Gasteiger partial charge is 0.279 e. The lowest BCUT2D eigenvalue weighted by atomic mass is 10.2. The summed E-state index contributed by atoms with van der Waals surface area (Å²) in [6.07, 6.45) is 0. The van der Waals surface area contributed by atoms with Gasteiger partial charge in [-0.25, -0.2) is 4.98 Å². The van der Waals surface area contributed by atoms with Crippen molar-refractivity contribution in [3.05, 3.63) is 42.1 Å². The maximum Gasteiger partial charge on any atom is 0.246 e. The maximum absolute atomic E-state index is 10.9. The first-order chi connectivity index (χ1) is 6.27. The van der Waals surface area contributed by atoms with Crippen LogP contribution in [0, 0.1) is 0 Å². The van der Waals surface area contributed by atoms with E-state index in [4.69, 9.17) is 0 Å². The minimum Gasteiger partial charge on any atom is -0.279 e. The number of hydrogen-bond donors (Lipinski definition) is 0. The Hall–Kier alpha value is -1.22. The standard InChI is InChI=1S/C10H6BrNO/c11-10(13)9-6-5-7-3-1-2-4-8(7)12-9/h1-6H. The van der Waals surface area contributed by atoms with Gasteiger partial charge in [-0.15, -0.1) is 0 Å². The van der Waals surface area contributed by atoms with Gasteiger partial charge < -0.3 is 0 Å². The number of aromatic nitrogens is 1. The van der Waals surface area contributed by atoms with E-state index in [0.717, 1.165) is 10.9 Å². The van der Waals surface area contributed by atoms with Gasteiger partial charge in [0.15, 0.2) is 0 Å². The third kappa shape index (κ3) is 1.60. The van der Waals surface area contributed by atoms with Crippen molar-refractivity contribution < 1.29 is 4.79 Å². The number of hydrogen-bond acceptors (Lipinski definition) is 2. The summed E-state index contributed by atoms with van der Waals surface area (Å²) in [6.45, 7) is 0.